The van der Waals surface area contributed by atoms with E-state index >= 15 is 0 Å². The second-order valence-corrected chi connectivity index (χ2v) is 6.84. The van der Waals surface area contributed by atoms with E-state index in [0.717, 1.165) is 9.13 Å². The second-order valence-electron chi connectivity index (χ2n) is 5.27. The zero-order chi connectivity index (χ0) is 15.0. The topological polar surface area (TPSA) is 20.3 Å². The Morgan fingerprint density at radius 2 is 2.05 bits per heavy atom. The number of halogens is 2. The fourth-order valence-corrected chi connectivity index (χ4v) is 3.92. The van der Waals surface area contributed by atoms with Gasteiger partial charge in [-0.05, 0) is 58.3 Å². The van der Waals surface area contributed by atoms with E-state index in [4.69, 9.17) is 11.6 Å². The minimum Gasteiger partial charge on any atom is -0.331 e. The molecular weight excluding hydrogens is 397 g/mol. The van der Waals surface area contributed by atoms with Crippen molar-refractivity contribution in [3.8, 4) is 0 Å². The van der Waals surface area contributed by atoms with Gasteiger partial charge in [0.2, 0.25) is 5.91 Å². The Morgan fingerprint density at radius 3 is 2.76 bits per heavy atom. The van der Waals surface area contributed by atoms with E-state index in [9.17, 15) is 4.79 Å². The molecule has 2 nitrogen and oxygen atoms in total. The van der Waals surface area contributed by atoms with Gasteiger partial charge in [0.05, 0.1) is 12.5 Å². The average molecular weight is 412 g/mol. The summed E-state index contributed by atoms with van der Waals surface area (Å²) < 4.78 is 1.04. The molecule has 0 spiro atoms. The van der Waals surface area contributed by atoms with Crippen molar-refractivity contribution in [2.75, 3.05) is 0 Å². The summed E-state index contributed by atoms with van der Waals surface area (Å²) in [5.41, 5.74) is 3.42. The third-order valence-electron chi connectivity index (χ3n) is 4.02. The van der Waals surface area contributed by atoms with Gasteiger partial charge in [0.15, 0.2) is 0 Å². The van der Waals surface area contributed by atoms with E-state index in [1.54, 1.807) is 0 Å². The quantitative estimate of drug-likeness (QED) is 0.662. The number of amides is 1. The van der Waals surface area contributed by atoms with Crippen molar-refractivity contribution in [2.45, 2.75) is 25.9 Å². The maximum Gasteiger partial charge on any atom is 0.227 e. The summed E-state index contributed by atoms with van der Waals surface area (Å²) in [5, 5.41) is 0.666. The van der Waals surface area contributed by atoms with Gasteiger partial charge in [0, 0.05) is 15.1 Å². The summed E-state index contributed by atoms with van der Waals surface area (Å²) in [7, 11) is 0. The number of carbonyl (C=O) groups excluding carboxylic acids is 1. The number of hydrogen-bond donors (Lipinski definition) is 0. The van der Waals surface area contributed by atoms with Crippen LogP contribution in [-0.4, -0.2) is 10.8 Å². The maximum atomic E-state index is 12.7. The first kappa shape index (κ1) is 14.9. The highest BCUT2D eigenvalue weighted by Gasteiger charge is 2.30. The lowest BCUT2D eigenvalue weighted by Crippen LogP contribution is -2.29. The molecule has 0 aliphatic carbocycles. The first-order valence-corrected chi connectivity index (χ1v) is 8.33. The van der Waals surface area contributed by atoms with Gasteiger partial charge < -0.3 is 4.90 Å². The Morgan fingerprint density at radius 1 is 1.29 bits per heavy atom. The lowest BCUT2D eigenvalue weighted by atomic mass is 10.1. The fraction of sp³-hybridized carbons (Fsp3) is 0.235. The van der Waals surface area contributed by atoms with Gasteiger partial charge in [0.1, 0.15) is 0 Å². The van der Waals surface area contributed by atoms with Crippen molar-refractivity contribution in [1.29, 1.82) is 0 Å². The Labute approximate surface area is 143 Å². The summed E-state index contributed by atoms with van der Waals surface area (Å²) in [4.78, 5) is 14.6. The molecule has 1 aliphatic rings. The van der Waals surface area contributed by atoms with Gasteiger partial charge in [-0.1, -0.05) is 41.9 Å². The summed E-state index contributed by atoms with van der Waals surface area (Å²) in [6.45, 7) is 2.78. The summed E-state index contributed by atoms with van der Waals surface area (Å²) in [6, 6.07) is 14.1. The monoisotopic (exact) mass is 411 g/mol. The fourth-order valence-electron chi connectivity index (χ4n) is 2.83. The minimum atomic E-state index is 0.129. The van der Waals surface area contributed by atoms with Crippen LogP contribution in [0.5, 0.6) is 0 Å². The van der Waals surface area contributed by atoms with Gasteiger partial charge in [-0.2, -0.15) is 0 Å². The van der Waals surface area contributed by atoms with Crippen LogP contribution in [0.1, 0.15) is 29.7 Å². The number of carbonyl (C=O) groups is 1. The van der Waals surface area contributed by atoms with Crippen molar-refractivity contribution in [2.24, 2.45) is 0 Å². The van der Waals surface area contributed by atoms with E-state index in [1.807, 2.05) is 35.2 Å². The first-order chi connectivity index (χ1) is 10.1. The van der Waals surface area contributed by atoms with Crippen LogP contribution in [-0.2, 0) is 17.8 Å². The number of nitrogens with zero attached hydrogens (tertiary/aromatic N) is 1. The molecule has 0 saturated carbocycles. The standard InChI is InChI=1S/C17H15ClINO/c1-11-13-6-3-2-5-12(13)10-20(11)17(21)9-14-15(18)7-4-8-16(14)19/h2-8,11H,9-10H2,1H3/t11-/m0/s1. The highest BCUT2D eigenvalue weighted by atomic mass is 127. The van der Waals surface area contributed by atoms with Crippen molar-refractivity contribution in [3.05, 3.63) is 67.7 Å². The molecule has 2 aromatic rings. The van der Waals surface area contributed by atoms with Crippen LogP contribution in [0.15, 0.2) is 42.5 Å². The van der Waals surface area contributed by atoms with Crippen molar-refractivity contribution in [1.82, 2.24) is 4.90 Å². The first-order valence-electron chi connectivity index (χ1n) is 6.88. The molecule has 2 aromatic carbocycles. The number of hydrogen-bond acceptors (Lipinski definition) is 1. The van der Waals surface area contributed by atoms with Crippen LogP contribution in [0.4, 0.5) is 0 Å². The van der Waals surface area contributed by atoms with Crippen LogP contribution >= 0.6 is 34.2 Å². The highest BCUT2D eigenvalue weighted by molar-refractivity contribution is 14.1. The Hall–Kier alpha value is -1.07. The Balaban J connectivity index is 1.82. The molecule has 4 heteroatoms. The largest absolute Gasteiger partial charge is 0.331 e. The van der Waals surface area contributed by atoms with Crippen LogP contribution in [0.3, 0.4) is 0 Å². The average Bonchev–Trinajstić information content (AvgIpc) is 2.81. The molecule has 1 amide bonds. The highest BCUT2D eigenvalue weighted by Crippen LogP contribution is 2.34. The van der Waals surface area contributed by atoms with Crippen LogP contribution in [0.25, 0.3) is 0 Å². The number of rotatable bonds is 2. The molecule has 1 heterocycles. The van der Waals surface area contributed by atoms with Crippen molar-refractivity contribution in [3.63, 3.8) is 0 Å². The molecule has 0 aromatic heterocycles. The Bertz CT molecular complexity index is 681. The molecule has 3 rings (SSSR count). The van der Waals surface area contributed by atoms with E-state index in [1.165, 1.54) is 11.1 Å². The predicted molar refractivity (Wildman–Crippen MR) is 93.3 cm³/mol. The van der Waals surface area contributed by atoms with E-state index in [-0.39, 0.29) is 11.9 Å². The molecule has 0 unspecified atom stereocenters. The normalized spacial score (nSPS) is 16.9. The smallest absolute Gasteiger partial charge is 0.227 e. The molecule has 0 N–H and O–H groups in total. The maximum absolute atomic E-state index is 12.7. The molecule has 0 fully saturated rings. The number of fused-ring (bicyclic) bond motifs is 1. The SMILES string of the molecule is C[C@H]1c2ccccc2CN1C(=O)Cc1c(Cl)cccc1I. The molecule has 0 saturated heterocycles. The number of benzene rings is 2. The summed E-state index contributed by atoms with van der Waals surface area (Å²) >= 11 is 8.46. The van der Waals surface area contributed by atoms with Crippen LogP contribution in [0, 0.1) is 3.57 Å². The zero-order valence-electron chi connectivity index (χ0n) is 11.6. The van der Waals surface area contributed by atoms with Gasteiger partial charge in [-0.3, -0.25) is 4.79 Å². The van der Waals surface area contributed by atoms with Gasteiger partial charge in [-0.25, -0.2) is 0 Å². The van der Waals surface area contributed by atoms with Crippen molar-refractivity contribution >= 4 is 40.1 Å². The Kier molecular flexibility index (Phi) is 4.22. The molecule has 0 bridgehead atoms. The molecular formula is C17H15ClINO. The third-order valence-corrected chi connectivity index (χ3v) is 5.39. The molecule has 1 aliphatic heterocycles. The minimum absolute atomic E-state index is 0.129. The summed E-state index contributed by atoms with van der Waals surface area (Å²) in [5.74, 6) is 0.129. The van der Waals surface area contributed by atoms with Gasteiger partial charge in [-0.15, -0.1) is 0 Å². The van der Waals surface area contributed by atoms with Gasteiger partial charge in [0.25, 0.3) is 0 Å². The summed E-state index contributed by atoms with van der Waals surface area (Å²) in [6.07, 6.45) is 0.357. The van der Waals surface area contributed by atoms with Gasteiger partial charge >= 0.3 is 0 Å². The van der Waals surface area contributed by atoms with Crippen LogP contribution in [0.2, 0.25) is 5.02 Å². The van der Waals surface area contributed by atoms with E-state index in [2.05, 4.69) is 41.6 Å². The molecule has 108 valence electrons. The third kappa shape index (κ3) is 2.81. The van der Waals surface area contributed by atoms with Crippen LogP contribution < -0.4 is 0 Å². The molecule has 1 atom stereocenters. The van der Waals surface area contributed by atoms with Crippen molar-refractivity contribution < 1.29 is 4.79 Å². The van der Waals surface area contributed by atoms with E-state index in [0.29, 0.717) is 18.0 Å². The van der Waals surface area contributed by atoms with E-state index < -0.39 is 0 Å². The second kappa shape index (κ2) is 5.97. The lowest BCUT2D eigenvalue weighted by molar-refractivity contribution is -0.132. The zero-order valence-corrected chi connectivity index (χ0v) is 14.6. The lowest BCUT2D eigenvalue weighted by Gasteiger charge is -2.22. The molecule has 21 heavy (non-hydrogen) atoms. The predicted octanol–water partition coefficient (Wildman–Crippen LogP) is 4.59. The molecule has 0 radical (unpaired) electrons.